The van der Waals surface area contributed by atoms with Gasteiger partial charge in [0, 0.05) is 19.6 Å². The normalized spacial score (nSPS) is 13.6. The molecule has 0 spiro atoms. The first-order valence-corrected chi connectivity index (χ1v) is 28.6. The van der Waals surface area contributed by atoms with Crippen molar-refractivity contribution in [3.05, 3.63) is 48.6 Å². The summed E-state index contributed by atoms with van der Waals surface area (Å²) in [6, 6.07) is 0. The number of allylic oxidation sites excluding steroid dienone is 8. The van der Waals surface area contributed by atoms with Crippen molar-refractivity contribution in [3.8, 4) is 0 Å². The minimum absolute atomic E-state index is 0.0976. The minimum atomic E-state index is -4.29. The van der Waals surface area contributed by atoms with E-state index in [1.807, 2.05) is 0 Å². The molecule has 0 amide bonds. The highest BCUT2D eigenvalue weighted by Gasteiger charge is 2.25. The molecule has 0 heterocycles. The van der Waals surface area contributed by atoms with E-state index < -0.39 is 13.9 Å². The van der Waals surface area contributed by atoms with Gasteiger partial charge in [-0.05, 0) is 51.4 Å². The zero-order valence-corrected chi connectivity index (χ0v) is 42.9. The van der Waals surface area contributed by atoms with Gasteiger partial charge in [-0.2, -0.15) is 0 Å². The molecule has 0 aliphatic heterocycles. The van der Waals surface area contributed by atoms with Crippen LogP contribution in [0.4, 0.5) is 0 Å². The molecule has 3 N–H and O–H groups in total. The molecular weight excluding hydrogens is 818 g/mol. The Labute approximate surface area is 396 Å². The van der Waals surface area contributed by atoms with E-state index in [9.17, 15) is 14.3 Å². The Morgan fingerprint density at radius 3 is 1.31 bits per heavy atom. The first kappa shape index (κ1) is 62.5. The lowest BCUT2D eigenvalue weighted by molar-refractivity contribution is -0.154. The predicted molar refractivity (Wildman–Crippen MR) is 275 cm³/mol. The monoisotopic (exact) mass is 922 g/mol. The highest BCUT2D eigenvalue weighted by atomic mass is 31.2. The smallest absolute Gasteiger partial charge is 0.457 e. The van der Waals surface area contributed by atoms with Gasteiger partial charge in [0.05, 0.1) is 19.8 Å². The standard InChI is InChI=1S/C55H104NO7P/c1-3-5-7-9-11-13-15-17-19-21-23-24-25-26-27-28-29-31-33-35-37-39-41-43-45-47-50-60-52-54(53-62-64(58,59)61-51-49-56)63-55(57)48-46-44-42-40-38-36-34-32-30-22-20-18-16-14-12-10-8-6-4-2/h6,8,12,14,18,20,30,32,54H,3-5,7,9-11,13,15-17,19,21-29,31,33-53,56H2,1-2H3,(H,58,59)/b8-6-,14-12-,20-18-,32-30-. The number of esters is 1. The molecule has 0 aromatic carbocycles. The molecule has 0 fully saturated rings. The van der Waals surface area contributed by atoms with Crippen LogP contribution in [0.5, 0.6) is 0 Å². The number of phosphoric acid groups is 1. The molecule has 0 radical (unpaired) electrons. The van der Waals surface area contributed by atoms with Crippen LogP contribution in [0.3, 0.4) is 0 Å². The topological polar surface area (TPSA) is 117 Å². The fourth-order valence-corrected chi connectivity index (χ4v) is 8.58. The number of hydrogen-bond acceptors (Lipinski definition) is 7. The van der Waals surface area contributed by atoms with Gasteiger partial charge < -0.3 is 20.1 Å². The third-order valence-electron chi connectivity index (χ3n) is 11.8. The van der Waals surface area contributed by atoms with Crippen molar-refractivity contribution in [1.29, 1.82) is 0 Å². The second-order valence-electron chi connectivity index (χ2n) is 18.1. The summed E-state index contributed by atoms with van der Waals surface area (Å²) in [5, 5.41) is 0. The van der Waals surface area contributed by atoms with Crippen molar-refractivity contribution in [1.82, 2.24) is 0 Å². The molecule has 376 valence electrons. The zero-order valence-electron chi connectivity index (χ0n) is 42.0. The van der Waals surface area contributed by atoms with E-state index in [1.54, 1.807) is 0 Å². The van der Waals surface area contributed by atoms with E-state index in [1.165, 1.54) is 167 Å². The Hall–Kier alpha value is -1.54. The Morgan fingerprint density at radius 2 is 0.875 bits per heavy atom. The number of rotatable bonds is 52. The number of hydrogen-bond donors (Lipinski definition) is 2. The number of nitrogens with two attached hydrogens (primary N) is 1. The molecule has 0 aromatic rings. The molecule has 8 nitrogen and oxygen atoms in total. The molecule has 0 saturated heterocycles. The summed E-state index contributed by atoms with van der Waals surface area (Å²) in [5.41, 5.74) is 5.39. The summed E-state index contributed by atoms with van der Waals surface area (Å²) < 4.78 is 33.6. The minimum Gasteiger partial charge on any atom is -0.457 e. The lowest BCUT2D eigenvalue weighted by Gasteiger charge is -2.20. The van der Waals surface area contributed by atoms with Crippen LogP contribution < -0.4 is 5.73 Å². The van der Waals surface area contributed by atoms with Gasteiger partial charge in [-0.1, -0.05) is 249 Å². The number of carbonyl (C=O) groups is 1. The van der Waals surface area contributed by atoms with Crippen molar-refractivity contribution in [2.45, 2.75) is 264 Å². The van der Waals surface area contributed by atoms with E-state index in [-0.39, 0.29) is 32.3 Å². The Kier molecular flexibility index (Phi) is 51.2. The van der Waals surface area contributed by atoms with Gasteiger partial charge in [-0.15, -0.1) is 0 Å². The van der Waals surface area contributed by atoms with Gasteiger partial charge in [-0.25, -0.2) is 4.57 Å². The number of phosphoric ester groups is 1. The molecule has 0 aromatic heterocycles. The van der Waals surface area contributed by atoms with Crippen LogP contribution in [0.2, 0.25) is 0 Å². The molecule has 0 aliphatic carbocycles. The average Bonchev–Trinajstić information content (AvgIpc) is 3.29. The fraction of sp³-hybridized carbons (Fsp3) is 0.836. The third kappa shape index (κ3) is 51.4. The van der Waals surface area contributed by atoms with Crippen LogP contribution in [0, 0.1) is 0 Å². The molecule has 0 saturated carbocycles. The molecule has 0 aliphatic rings. The van der Waals surface area contributed by atoms with Crippen molar-refractivity contribution < 1.29 is 32.8 Å². The summed E-state index contributed by atoms with van der Waals surface area (Å²) in [5.74, 6) is -0.340. The van der Waals surface area contributed by atoms with Crippen molar-refractivity contribution in [2.75, 3.05) is 33.0 Å². The van der Waals surface area contributed by atoms with Crippen molar-refractivity contribution >= 4 is 13.8 Å². The Morgan fingerprint density at radius 1 is 0.484 bits per heavy atom. The Balaban J connectivity index is 3.88. The lowest BCUT2D eigenvalue weighted by atomic mass is 10.0. The summed E-state index contributed by atoms with van der Waals surface area (Å²) >= 11 is 0. The lowest BCUT2D eigenvalue weighted by Crippen LogP contribution is -2.28. The van der Waals surface area contributed by atoms with E-state index in [0.29, 0.717) is 13.0 Å². The number of unbranched alkanes of at least 4 members (excludes halogenated alkanes) is 31. The molecule has 64 heavy (non-hydrogen) atoms. The van der Waals surface area contributed by atoms with Crippen molar-refractivity contribution in [3.63, 3.8) is 0 Å². The Bertz CT molecular complexity index is 1130. The van der Waals surface area contributed by atoms with Crippen LogP contribution in [0.1, 0.15) is 258 Å². The summed E-state index contributed by atoms with van der Waals surface area (Å²) in [6.07, 6.45) is 64.5. The van der Waals surface area contributed by atoms with Crippen LogP contribution >= 0.6 is 7.82 Å². The maximum atomic E-state index is 12.7. The van der Waals surface area contributed by atoms with Crippen LogP contribution in [-0.4, -0.2) is 49.9 Å². The van der Waals surface area contributed by atoms with Gasteiger partial charge in [0.2, 0.25) is 0 Å². The molecule has 2 atom stereocenters. The zero-order chi connectivity index (χ0) is 46.5. The van der Waals surface area contributed by atoms with Crippen LogP contribution in [0.25, 0.3) is 0 Å². The van der Waals surface area contributed by atoms with E-state index >= 15 is 0 Å². The maximum Gasteiger partial charge on any atom is 0.472 e. The highest BCUT2D eigenvalue weighted by molar-refractivity contribution is 7.47. The number of ether oxygens (including phenoxy) is 2. The molecule has 0 bridgehead atoms. The highest BCUT2D eigenvalue weighted by Crippen LogP contribution is 2.43. The first-order chi connectivity index (χ1) is 31.4. The number of carbonyl (C=O) groups excluding carboxylic acids is 1. The fourth-order valence-electron chi connectivity index (χ4n) is 7.81. The third-order valence-corrected chi connectivity index (χ3v) is 12.7. The van der Waals surface area contributed by atoms with Gasteiger partial charge in [0.25, 0.3) is 0 Å². The maximum absolute atomic E-state index is 12.7. The van der Waals surface area contributed by atoms with E-state index in [0.717, 1.165) is 70.6 Å². The van der Waals surface area contributed by atoms with E-state index in [2.05, 4.69) is 62.5 Å². The SMILES string of the molecule is CC/C=C\C/C=C\C/C=C\C/C=C\CCCCCCCCC(=O)OC(COCCCCCCCCCCCCCCCCCCCCCCCCCCCC)COP(=O)(O)OCCN. The van der Waals surface area contributed by atoms with Gasteiger partial charge >= 0.3 is 13.8 Å². The van der Waals surface area contributed by atoms with Crippen LogP contribution in [-0.2, 0) is 27.9 Å². The average molecular weight is 922 g/mol. The van der Waals surface area contributed by atoms with Crippen molar-refractivity contribution in [2.24, 2.45) is 5.73 Å². The van der Waals surface area contributed by atoms with Gasteiger partial charge in [0.1, 0.15) is 6.10 Å². The summed E-state index contributed by atoms with van der Waals surface area (Å²) in [4.78, 5) is 22.6. The second kappa shape index (κ2) is 52.4. The predicted octanol–water partition coefficient (Wildman–Crippen LogP) is 17.1. The first-order valence-electron chi connectivity index (χ1n) is 27.1. The molecule has 9 heteroatoms. The van der Waals surface area contributed by atoms with Crippen LogP contribution in [0.15, 0.2) is 48.6 Å². The quantitative estimate of drug-likeness (QED) is 0.0268. The molecular formula is C55H104NO7P. The van der Waals surface area contributed by atoms with Gasteiger partial charge in [-0.3, -0.25) is 13.8 Å². The van der Waals surface area contributed by atoms with Gasteiger partial charge in [0.15, 0.2) is 0 Å². The molecule has 2 unspecified atom stereocenters. The summed E-state index contributed by atoms with van der Waals surface area (Å²) in [7, 11) is -4.29. The van der Waals surface area contributed by atoms with E-state index in [4.69, 9.17) is 24.3 Å². The molecule has 0 rings (SSSR count). The largest absolute Gasteiger partial charge is 0.472 e. The summed E-state index contributed by atoms with van der Waals surface area (Å²) in [6.45, 7) is 4.84. The second-order valence-corrected chi connectivity index (χ2v) is 19.5.